The molecule has 0 aromatic carbocycles. The second-order valence-corrected chi connectivity index (χ2v) is 24.9. The van der Waals surface area contributed by atoms with Crippen molar-refractivity contribution in [2.45, 2.75) is 398 Å². The standard InChI is InChI=1S/C76H141NO5/c1-3-5-7-9-11-13-15-17-19-21-23-24-30-33-36-40-44-48-52-56-60-64-68-74(79)73(72-78)77-75(80)69-65-61-57-53-49-45-41-37-34-31-28-26-25-27-29-32-35-39-43-47-51-55-59-63-67-71-82-76(81)70-66-62-58-54-50-46-42-38-22-20-18-16-14-12-10-8-6-4-2/h14,16,20,22,26-29,64,68,73-74,78-79H,3-13,15,17-19,21,23-25,30-63,65-67,69-72H2,1-2H3,(H,77,80)/b16-14-,22-20-,28-26-,29-27-,68-64+. The summed E-state index contributed by atoms with van der Waals surface area (Å²) in [7, 11) is 0. The molecule has 2 unspecified atom stereocenters. The first-order chi connectivity index (χ1) is 40.5. The summed E-state index contributed by atoms with van der Waals surface area (Å²) in [6, 6.07) is -0.635. The van der Waals surface area contributed by atoms with Gasteiger partial charge in [0, 0.05) is 12.8 Å². The van der Waals surface area contributed by atoms with Crippen LogP contribution in [-0.4, -0.2) is 47.4 Å². The lowest BCUT2D eigenvalue weighted by atomic mass is 10.0. The van der Waals surface area contributed by atoms with Crippen LogP contribution < -0.4 is 5.32 Å². The van der Waals surface area contributed by atoms with Crippen LogP contribution in [0.25, 0.3) is 0 Å². The highest BCUT2D eigenvalue weighted by molar-refractivity contribution is 5.76. The van der Waals surface area contributed by atoms with Gasteiger partial charge in [-0.2, -0.15) is 0 Å². The summed E-state index contributed by atoms with van der Waals surface area (Å²) in [6.07, 6.45) is 94.4. The van der Waals surface area contributed by atoms with Gasteiger partial charge in [-0.25, -0.2) is 0 Å². The van der Waals surface area contributed by atoms with Crippen molar-refractivity contribution in [1.82, 2.24) is 5.32 Å². The molecule has 0 radical (unpaired) electrons. The quantitative estimate of drug-likeness (QED) is 0.0320. The largest absolute Gasteiger partial charge is 0.466 e. The average molecular weight is 1150 g/mol. The molecule has 0 saturated heterocycles. The molecule has 0 aromatic heterocycles. The van der Waals surface area contributed by atoms with Crippen molar-refractivity contribution in [1.29, 1.82) is 0 Å². The Bertz CT molecular complexity index is 1420. The lowest BCUT2D eigenvalue weighted by Crippen LogP contribution is -2.45. The van der Waals surface area contributed by atoms with Gasteiger partial charge in [-0.05, 0) is 96.3 Å². The molecule has 480 valence electrons. The molecular formula is C76H141NO5. The van der Waals surface area contributed by atoms with Gasteiger partial charge in [0.15, 0.2) is 0 Å². The molecule has 6 nitrogen and oxygen atoms in total. The molecule has 6 heteroatoms. The molecule has 0 aliphatic heterocycles. The maximum atomic E-state index is 12.5. The van der Waals surface area contributed by atoms with Gasteiger partial charge in [-0.1, -0.05) is 338 Å². The molecule has 0 aromatic rings. The van der Waals surface area contributed by atoms with Crippen LogP contribution in [0.4, 0.5) is 0 Å². The monoisotopic (exact) mass is 1150 g/mol. The molecular weight excluding hydrogens is 1010 g/mol. The third-order valence-electron chi connectivity index (χ3n) is 16.8. The first-order valence-corrected chi connectivity index (χ1v) is 36.6. The molecule has 0 aliphatic rings. The van der Waals surface area contributed by atoms with Crippen molar-refractivity contribution in [3.05, 3.63) is 60.8 Å². The Hall–Kier alpha value is -2.44. The Morgan fingerprint density at radius 3 is 0.939 bits per heavy atom. The topological polar surface area (TPSA) is 95.9 Å². The number of allylic oxidation sites excluding steroid dienone is 9. The summed E-state index contributed by atoms with van der Waals surface area (Å²) in [4.78, 5) is 24.6. The van der Waals surface area contributed by atoms with Crippen molar-refractivity contribution in [3.8, 4) is 0 Å². The average Bonchev–Trinajstić information content (AvgIpc) is 3.48. The number of carbonyl (C=O) groups is 2. The van der Waals surface area contributed by atoms with Crippen molar-refractivity contribution in [2.24, 2.45) is 0 Å². The number of esters is 1. The molecule has 3 N–H and O–H groups in total. The van der Waals surface area contributed by atoms with Gasteiger partial charge in [0.1, 0.15) is 0 Å². The number of hydrogen-bond donors (Lipinski definition) is 3. The van der Waals surface area contributed by atoms with E-state index in [0.29, 0.717) is 19.4 Å². The second-order valence-electron chi connectivity index (χ2n) is 24.9. The minimum atomic E-state index is -0.851. The molecule has 0 saturated carbocycles. The Morgan fingerprint density at radius 1 is 0.341 bits per heavy atom. The van der Waals surface area contributed by atoms with Crippen LogP contribution in [0.15, 0.2) is 60.8 Å². The van der Waals surface area contributed by atoms with Gasteiger partial charge < -0.3 is 20.3 Å². The van der Waals surface area contributed by atoms with E-state index in [2.05, 4.69) is 67.8 Å². The van der Waals surface area contributed by atoms with Crippen molar-refractivity contribution in [2.75, 3.05) is 13.2 Å². The Labute approximate surface area is 511 Å². The van der Waals surface area contributed by atoms with Crippen LogP contribution in [0.2, 0.25) is 0 Å². The summed E-state index contributed by atoms with van der Waals surface area (Å²) >= 11 is 0. The number of aliphatic hydroxyl groups is 2. The van der Waals surface area contributed by atoms with E-state index in [1.165, 1.54) is 302 Å². The van der Waals surface area contributed by atoms with E-state index in [-0.39, 0.29) is 18.5 Å². The smallest absolute Gasteiger partial charge is 0.305 e. The summed E-state index contributed by atoms with van der Waals surface area (Å²) in [6.45, 7) is 4.91. The fourth-order valence-electron chi connectivity index (χ4n) is 11.2. The molecule has 0 bridgehead atoms. The van der Waals surface area contributed by atoms with Crippen LogP contribution in [0, 0.1) is 0 Å². The fraction of sp³-hybridized carbons (Fsp3) is 0.842. The predicted molar refractivity (Wildman–Crippen MR) is 361 cm³/mol. The van der Waals surface area contributed by atoms with E-state index in [9.17, 15) is 19.8 Å². The zero-order valence-electron chi connectivity index (χ0n) is 55.0. The minimum Gasteiger partial charge on any atom is -0.466 e. The molecule has 0 rings (SSSR count). The number of carbonyl (C=O) groups excluding carboxylic acids is 2. The number of unbranched alkanes of at least 4 members (excludes halogenated alkanes) is 49. The van der Waals surface area contributed by atoms with E-state index in [1.807, 2.05) is 6.08 Å². The highest BCUT2D eigenvalue weighted by Gasteiger charge is 2.18. The van der Waals surface area contributed by atoms with Gasteiger partial charge in [0.2, 0.25) is 5.91 Å². The molecule has 0 spiro atoms. The summed E-state index contributed by atoms with van der Waals surface area (Å²) < 4.78 is 5.50. The van der Waals surface area contributed by atoms with Crippen LogP contribution in [-0.2, 0) is 14.3 Å². The van der Waals surface area contributed by atoms with Gasteiger partial charge in [0.25, 0.3) is 0 Å². The first-order valence-electron chi connectivity index (χ1n) is 36.6. The van der Waals surface area contributed by atoms with Gasteiger partial charge in [-0.3, -0.25) is 9.59 Å². The molecule has 82 heavy (non-hydrogen) atoms. The van der Waals surface area contributed by atoms with Gasteiger partial charge >= 0.3 is 5.97 Å². The highest BCUT2D eigenvalue weighted by Crippen LogP contribution is 2.18. The van der Waals surface area contributed by atoms with E-state index in [4.69, 9.17) is 4.74 Å². The van der Waals surface area contributed by atoms with E-state index < -0.39 is 12.1 Å². The van der Waals surface area contributed by atoms with Crippen LogP contribution in [0.1, 0.15) is 386 Å². The van der Waals surface area contributed by atoms with Crippen LogP contribution in [0.5, 0.6) is 0 Å². The third-order valence-corrected chi connectivity index (χ3v) is 16.8. The summed E-state index contributed by atoms with van der Waals surface area (Å²) in [5.74, 6) is -0.0700. The Kier molecular flexibility index (Phi) is 68.9. The molecule has 0 heterocycles. The zero-order valence-corrected chi connectivity index (χ0v) is 55.0. The van der Waals surface area contributed by atoms with Gasteiger partial charge in [0.05, 0.1) is 25.4 Å². The van der Waals surface area contributed by atoms with Crippen LogP contribution in [0.3, 0.4) is 0 Å². The lowest BCUT2D eigenvalue weighted by molar-refractivity contribution is -0.143. The molecule has 0 fully saturated rings. The predicted octanol–water partition coefficient (Wildman–Crippen LogP) is 23.8. The number of amides is 1. The third kappa shape index (κ3) is 66.7. The van der Waals surface area contributed by atoms with Crippen molar-refractivity contribution in [3.63, 3.8) is 0 Å². The summed E-state index contributed by atoms with van der Waals surface area (Å²) in [5.41, 5.74) is 0. The number of rotatable bonds is 68. The molecule has 1 amide bonds. The number of nitrogens with one attached hydrogen (secondary N) is 1. The maximum Gasteiger partial charge on any atom is 0.305 e. The number of ether oxygens (including phenoxy) is 1. The SMILES string of the molecule is CCCCCC/C=C\C/C=C\CCCCCCCCCC(=O)OCCCCCCCCCCC/C=C\C/C=C\CCCCCCCCCCCC(=O)NC(CO)C(O)/C=C/CCCCCCCCCCCCCCCCCCCCCC. The summed E-state index contributed by atoms with van der Waals surface area (Å²) in [5, 5.41) is 23.3. The Morgan fingerprint density at radius 2 is 0.610 bits per heavy atom. The minimum absolute atomic E-state index is 0.00131. The van der Waals surface area contributed by atoms with Gasteiger partial charge in [-0.15, -0.1) is 0 Å². The van der Waals surface area contributed by atoms with Crippen LogP contribution >= 0.6 is 0 Å². The highest BCUT2D eigenvalue weighted by atomic mass is 16.5. The normalized spacial score (nSPS) is 12.9. The van der Waals surface area contributed by atoms with Crippen molar-refractivity contribution < 1.29 is 24.5 Å². The van der Waals surface area contributed by atoms with E-state index in [1.54, 1.807) is 6.08 Å². The second kappa shape index (κ2) is 71.0. The lowest BCUT2D eigenvalue weighted by Gasteiger charge is -2.20. The Balaban J connectivity index is 3.46. The molecule has 0 aliphatic carbocycles. The van der Waals surface area contributed by atoms with Crippen molar-refractivity contribution >= 4 is 11.9 Å². The number of hydrogen-bond acceptors (Lipinski definition) is 5. The van der Waals surface area contributed by atoms with E-state index in [0.717, 1.165) is 57.8 Å². The number of aliphatic hydroxyl groups excluding tert-OH is 2. The van der Waals surface area contributed by atoms with E-state index >= 15 is 0 Å². The first kappa shape index (κ1) is 79.6. The fourth-order valence-corrected chi connectivity index (χ4v) is 11.2. The molecule has 2 atom stereocenters. The zero-order chi connectivity index (χ0) is 59.2. The maximum absolute atomic E-state index is 12.5.